The van der Waals surface area contributed by atoms with Crippen LogP contribution < -0.4 is 5.32 Å². The van der Waals surface area contributed by atoms with E-state index in [1.165, 1.54) is 19.0 Å². The fourth-order valence-electron chi connectivity index (χ4n) is 3.14. The molecule has 11 heteroatoms. The van der Waals surface area contributed by atoms with E-state index in [0.29, 0.717) is 33.4 Å². The summed E-state index contributed by atoms with van der Waals surface area (Å²) in [6.45, 7) is 4.16. The second kappa shape index (κ2) is 10.7. The van der Waals surface area contributed by atoms with Gasteiger partial charge in [-0.3, -0.25) is 9.20 Å². The summed E-state index contributed by atoms with van der Waals surface area (Å²) in [6.07, 6.45) is 6.79. The standard InChI is InChI=1S/C16H10ClN5O2.C6H13NOS/c17-11-5-4-10(15-19-9-24-21-15)7-12(11)20-16(23)13-8-18-14-3-1-2-6-22(13)14;1-2-6-9(8)7-4-3-5-7/h1-9H,(H,20,23);2-6H2,1H3. The summed E-state index contributed by atoms with van der Waals surface area (Å²) in [4.78, 5) is 20.7. The molecule has 0 aliphatic carbocycles. The molecule has 1 aliphatic rings. The Morgan fingerprint density at radius 2 is 2.09 bits per heavy atom. The normalized spacial score (nSPS) is 14.2. The van der Waals surface area contributed by atoms with Crippen LogP contribution in [-0.4, -0.2) is 52.8 Å². The number of nitrogens with zero attached hydrogens (tertiary/aromatic N) is 5. The Morgan fingerprint density at radius 3 is 2.79 bits per heavy atom. The summed E-state index contributed by atoms with van der Waals surface area (Å²) in [5.74, 6) is 0.942. The van der Waals surface area contributed by atoms with Crippen LogP contribution in [0.15, 0.2) is 59.7 Å². The van der Waals surface area contributed by atoms with Gasteiger partial charge in [0.25, 0.3) is 5.91 Å². The highest BCUT2D eigenvalue weighted by molar-refractivity contribution is 7.82. The van der Waals surface area contributed by atoms with Crippen molar-refractivity contribution in [1.29, 1.82) is 0 Å². The number of aromatic nitrogens is 4. The second-order valence-corrected chi connectivity index (χ2v) is 9.26. The van der Waals surface area contributed by atoms with E-state index in [2.05, 4.69) is 27.4 Å². The fraction of sp³-hybridized carbons (Fsp3) is 0.273. The van der Waals surface area contributed by atoms with Gasteiger partial charge < -0.3 is 9.84 Å². The van der Waals surface area contributed by atoms with Crippen molar-refractivity contribution in [3.8, 4) is 11.4 Å². The van der Waals surface area contributed by atoms with Crippen molar-refractivity contribution in [3.05, 3.63) is 65.9 Å². The van der Waals surface area contributed by atoms with E-state index in [1.807, 2.05) is 22.5 Å². The average molecular weight is 487 g/mol. The predicted octanol–water partition coefficient (Wildman–Crippen LogP) is 4.06. The molecule has 0 radical (unpaired) electrons. The molecule has 4 heterocycles. The lowest BCUT2D eigenvalue weighted by Crippen LogP contribution is -2.39. The van der Waals surface area contributed by atoms with Crippen molar-refractivity contribution in [2.45, 2.75) is 19.8 Å². The van der Waals surface area contributed by atoms with Gasteiger partial charge in [0.05, 0.1) is 27.9 Å². The molecule has 0 bridgehead atoms. The number of amides is 1. The summed E-state index contributed by atoms with van der Waals surface area (Å²) in [6, 6.07) is 10.6. The third kappa shape index (κ3) is 5.47. The molecule has 9 nitrogen and oxygen atoms in total. The van der Waals surface area contributed by atoms with E-state index in [0.717, 1.165) is 25.3 Å². The number of carbonyl (C=O) groups is 1. The van der Waals surface area contributed by atoms with Crippen LogP contribution in [0.25, 0.3) is 17.0 Å². The SMILES string of the molecule is CCCS(=O)N1CCC1.O=C(Nc1cc(-c2ncon2)ccc1Cl)c1cnc2ccccn12. The van der Waals surface area contributed by atoms with Crippen LogP contribution in [-0.2, 0) is 11.0 Å². The zero-order chi connectivity index (χ0) is 23.2. The van der Waals surface area contributed by atoms with Gasteiger partial charge in [0.2, 0.25) is 12.2 Å². The Hall–Kier alpha value is -3.08. The van der Waals surface area contributed by atoms with Gasteiger partial charge >= 0.3 is 0 Å². The molecule has 172 valence electrons. The quantitative estimate of drug-likeness (QED) is 0.440. The third-order valence-corrected chi connectivity index (χ3v) is 6.99. The lowest BCUT2D eigenvalue weighted by atomic mass is 10.2. The van der Waals surface area contributed by atoms with E-state index in [1.54, 1.807) is 28.8 Å². The topological polar surface area (TPSA) is 106 Å². The number of pyridine rings is 1. The molecule has 0 spiro atoms. The smallest absolute Gasteiger partial charge is 0.274 e. The summed E-state index contributed by atoms with van der Waals surface area (Å²) >= 11 is 6.18. The summed E-state index contributed by atoms with van der Waals surface area (Å²) in [7, 11) is -0.645. The summed E-state index contributed by atoms with van der Waals surface area (Å²) < 4.78 is 19.5. The predicted molar refractivity (Wildman–Crippen MR) is 127 cm³/mol. The van der Waals surface area contributed by atoms with Gasteiger partial charge in [0, 0.05) is 30.6 Å². The number of imidazole rings is 1. The van der Waals surface area contributed by atoms with Crippen molar-refractivity contribution in [1.82, 2.24) is 23.8 Å². The first-order valence-electron chi connectivity index (χ1n) is 10.5. The highest BCUT2D eigenvalue weighted by Gasteiger charge is 2.18. The van der Waals surface area contributed by atoms with Crippen LogP contribution in [0.2, 0.25) is 5.02 Å². The molecular weight excluding hydrogens is 464 g/mol. The Morgan fingerprint density at radius 1 is 1.24 bits per heavy atom. The van der Waals surface area contributed by atoms with Crippen LogP contribution in [0.5, 0.6) is 0 Å². The van der Waals surface area contributed by atoms with Gasteiger partial charge in [0.15, 0.2) is 0 Å². The first-order valence-corrected chi connectivity index (χ1v) is 12.2. The first kappa shape index (κ1) is 23.1. The fourth-order valence-corrected chi connectivity index (χ4v) is 4.58. The van der Waals surface area contributed by atoms with Crippen LogP contribution in [0, 0.1) is 0 Å². The van der Waals surface area contributed by atoms with Crippen molar-refractivity contribution in [2.24, 2.45) is 0 Å². The zero-order valence-electron chi connectivity index (χ0n) is 18.0. The van der Waals surface area contributed by atoms with Crippen molar-refractivity contribution < 1.29 is 13.5 Å². The summed E-state index contributed by atoms with van der Waals surface area (Å²) in [5, 5.41) is 6.97. The van der Waals surface area contributed by atoms with Crippen molar-refractivity contribution in [3.63, 3.8) is 0 Å². The van der Waals surface area contributed by atoms with Gasteiger partial charge in [-0.05, 0) is 43.2 Å². The Kier molecular flexibility index (Phi) is 7.48. The number of anilines is 1. The Labute approximate surface area is 198 Å². The van der Waals surface area contributed by atoms with Gasteiger partial charge in [0.1, 0.15) is 11.3 Å². The van der Waals surface area contributed by atoms with E-state index in [4.69, 9.17) is 16.1 Å². The molecule has 1 aliphatic heterocycles. The number of halogens is 1. The molecule has 1 unspecified atom stereocenters. The number of rotatable bonds is 6. The second-order valence-electron chi connectivity index (χ2n) is 7.28. The minimum Gasteiger partial charge on any atom is -0.342 e. The first-order chi connectivity index (χ1) is 16.1. The molecule has 1 aromatic carbocycles. The highest BCUT2D eigenvalue weighted by atomic mass is 35.5. The highest BCUT2D eigenvalue weighted by Crippen LogP contribution is 2.27. The lowest BCUT2D eigenvalue weighted by Gasteiger charge is -2.28. The number of benzene rings is 1. The number of fused-ring (bicyclic) bond motifs is 1. The molecule has 4 aromatic rings. The number of nitrogens with one attached hydrogen (secondary N) is 1. The molecule has 5 rings (SSSR count). The number of hydrogen-bond acceptors (Lipinski definition) is 6. The van der Waals surface area contributed by atoms with E-state index in [-0.39, 0.29) is 5.91 Å². The van der Waals surface area contributed by atoms with Crippen molar-refractivity contribution in [2.75, 3.05) is 24.2 Å². The molecular formula is C22H23ClN6O3S. The number of hydrogen-bond donors (Lipinski definition) is 1. The number of carbonyl (C=O) groups excluding carboxylic acids is 1. The van der Waals surface area contributed by atoms with Gasteiger partial charge in [-0.25, -0.2) is 13.5 Å². The Bertz CT molecular complexity index is 1260. The molecule has 1 fully saturated rings. The van der Waals surface area contributed by atoms with Crippen LogP contribution in [0.1, 0.15) is 30.3 Å². The zero-order valence-corrected chi connectivity index (χ0v) is 19.6. The summed E-state index contributed by atoms with van der Waals surface area (Å²) in [5.41, 5.74) is 2.23. The molecule has 3 aromatic heterocycles. The van der Waals surface area contributed by atoms with E-state index >= 15 is 0 Å². The van der Waals surface area contributed by atoms with Gasteiger partial charge in [-0.1, -0.05) is 29.7 Å². The largest absolute Gasteiger partial charge is 0.342 e. The van der Waals surface area contributed by atoms with Crippen LogP contribution in [0.4, 0.5) is 5.69 Å². The maximum absolute atomic E-state index is 12.6. The van der Waals surface area contributed by atoms with Crippen molar-refractivity contribution >= 4 is 39.8 Å². The maximum atomic E-state index is 12.6. The molecule has 1 amide bonds. The minimum absolute atomic E-state index is 0.319. The average Bonchev–Trinajstić information content (AvgIpc) is 3.45. The third-order valence-electron chi connectivity index (χ3n) is 4.97. The van der Waals surface area contributed by atoms with Crippen LogP contribution in [0.3, 0.4) is 0 Å². The minimum atomic E-state index is -0.645. The van der Waals surface area contributed by atoms with Gasteiger partial charge in [-0.2, -0.15) is 4.98 Å². The molecule has 1 atom stereocenters. The van der Waals surface area contributed by atoms with Crippen LogP contribution >= 0.6 is 11.6 Å². The molecule has 1 N–H and O–H groups in total. The molecule has 1 saturated heterocycles. The molecule has 0 saturated carbocycles. The lowest BCUT2D eigenvalue weighted by molar-refractivity contribution is 0.102. The monoisotopic (exact) mass is 486 g/mol. The Balaban J connectivity index is 0.000000243. The van der Waals surface area contributed by atoms with E-state index in [9.17, 15) is 9.00 Å². The van der Waals surface area contributed by atoms with Gasteiger partial charge in [-0.15, -0.1) is 0 Å². The van der Waals surface area contributed by atoms with E-state index < -0.39 is 11.0 Å². The molecule has 33 heavy (non-hydrogen) atoms. The maximum Gasteiger partial charge on any atom is 0.274 e.